The molecule has 0 spiro atoms. The highest BCUT2D eigenvalue weighted by molar-refractivity contribution is 5.68. The third-order valence-electron chi connectivity index (χ3n) is 2.75. The Morgan fingerprint density at radius 2 is 2.22 bits per heavy atom. The van der Waals surface area contributed by atoms with Crippen LogP contribution in [0.3, 0.4) is 0 Å². The van der Waals surface area contributed by atoms with E-state index in [1.165, 1.54) is 0 Å². The van der Waals surface area contributed by atoms with Crippen LogP contribution in [0.15, 0.2) is 12.8 Å². The van der Waals surface area contributed by atoms with Crippen molar-refractivity contribution in [3.05, 3.63) is 24.3 Å². The summed E-state index contributed by atoms with van der Waals surface area (Å²) in [6, 6.07) is 0. The van der Waals surface area contributed by atoms with Crippen molar-refractivity contribution >= 4 is 12.2 Å². The highest BCUT2D eigenvalue weighted by Gasteiger charge is 2.26. The van der Waals surface area contributed by atoms with Crippen LogP contribution in [0.25, 0.3) is 6.08 Å². The normalized spacial score (nSPS) is 15.2. The number of ether oxygens (including phenoxy) is 1. The van der Waals surface area contributed by atoms with Gasteiger partial charge in [-0.15, -0.1) is 0 Å². The maximum Gasteiger partial charge on any atom is 0.410 e. The molecule has 2 heterocycles. The molecule has 1 aliphatic rings. The SMILES string of the molecule is C=Cc1ncc2n1CCN(C(=O)OC(C)(C)C)C2. The monoisotopic (exact) mass is 249 g/mol. The van der Waals surface area contributed by atoms with Crippen LogP contribution in [-0.4, -0.2) is 32.7 Å². The lowest BCUT2D eigenvalue weighted by atomic mass is 10.2. The average molecular weight is 249 g/mol. The van der Waals surface area contributed by atoms with Crippen molar-refractivity contribution in [3.8, 4) is 0 Å². The van der Waals surface area contributed by atoms with E-state index < -0.39 is 5.60 Å². The third-order valence-corrected chi connectivity index (χ3v) is 2.75. The molecular formula is C13H19N3O2. The number of amides is 1. The van der Waals surface area contributed by atoms with Crippen LogP contribution in [0.1, 0.15) is 32.3 Å². The van der Waals surface area contributed by atoms with E-state index in [0.717, 1.165) is 18.1 Å². The summed E-state index contributed by atoms with van der Waals surface area (Å²) in [5.41, 5.74) is 0.558. The van der Waals surface area contributed by atoms with Crippen LogP contribution in [0, 0.1) is 0 Å². The number of nitrogens with zero attached hydrogens (tertiary/aromatic N) is 3. The Labute approximate surface area is 107 Å². The lowest BCUT2D eigenvalue weighted by molar-refractivity contribution is 0.0199. The molecule has 18 heavy (non-hydrogen) atoms. The van der Waals surface area contributed by atoms with Gasteiger partial charge in [0.1, 0.15) is 11.4 Å². The van der Waals surface area contributed by atoms with E-state index in [1.54, 1.807) is 17.2 Å². The molecule has 5 nitrogen and oxygen atoms in total. The summed E-state index contributed by atoms with van der Waals surface area (Å²) in [5.74, 6) is 0.855. The largest absolute Gasteiger partial charge is 0.444 e. The Hall–Kier alpha value is -1.78. The van der Waals surface area contributed by atoms with E-state index in [0.29, 0.717) is 13.1 Å². The van der Waals surface area contributed by atoms with Gasteiger partial charge < -0.3 is 14.2 Å². The fourth-order valence-electron chi connectivity index (χ4n) is 1.95. The Bertz CT molecular complexity index is 471. The van der Waals surface area contributed by atoms with Gasteiger partial charge in [-0.05, 0) is 26.8 Å². The second kappa shape index (κ2) is 4.48. The van der Waals surface area contributed by atoms with E-state index in [4.69, 9.17) is 4.74 Å². The summed E-state index contributed by atoms with van der Waals surface area (Å²) in [4.78, 5) is 17.9. The summed E-state index contributed by atoms with van der Waals surface area (Å²) in [6.45, 7) is 11.2. The zero-order chi connectivity index (χ0) is 13.3. The Morgan fingerprint density at radius 3 is 2.83 bits per heavy atom. The van der Waals surface area contributed by atoms with E-state index in [9.17, 15) is 4.79 Å². The fourth-order valence-corrected chi connectivity index (χ4v) is 1.95. The van der Waals surface area contributed by atoms with Crippen molar-refractivity contribution in [2.45, 2.75) is 39.5 Å². The number of hydrogen-bond acceptors (Lipinski definition) is 3. The second-order valence-electron chi connectivity index (χ2n) is 5.37. The molecular weight excluding hydrogens is 230 g/mol. The quantitative estimate of drug-likeness (QED) is 0.767. The highest BCUT2D eigenvalue weighted by Crippen LogP contribution is 2.18. The predicted molar refractivity (Wildman–Crippen MR) is 69.0 cm³/mol. The molecule has 0 N–H and O–H groups in total. The number of imidazole rings is 1. The van der Waals surface area contributed by atoms with Gasteiger partial charge in [-0.1, -0.05) is 6.58 Å². The molecule has 1 aromatic rings. The first-order valence-electron chi connectivity index (χ1n) is 6.05. The predicted octanol–water partition coefficient (Wildman–Crippen LogP) is 2.28. The molecule has 0 aromatic carbocycles. The third kappa shape index (κ3) is 2.55. The summed E-state index contributed by atoms with van der Waals surface area (Å²) >= 11 is 0. The number of carbonyl (C=O) groups is 1. The molecule has 0 radical (unpaired) electrons. The van der Waals surface area contributed by atoms with Gasteiger partial charge >= 0.3 is 6.09 Å². The van der Waals surface area contributed by atoms with Gasteiger partial charge in [0.25, 0.3) is 0 Å². The smallest absolute Gasteiger partial charge is 0.410 e. The molecule has 0 saturated heterocycles. The molecule has 0 saturated carbocycles. The molecule has 0 aliphatic carbocycles. The molecule has 1 aliphatic heterocycles. The molecule has 2 rings (SSSR count). The molecule has 0 unspecified atom stereocenters. The van der Waals surface area contributed by atoms with Crippen LogP contribution in [0.4, 0.5) is 4.79 Å². The number of aromatic nitrogens is 2. The molecule has 5 heteroatoms. The minimum atomic E-state index is -0.457. The van der Waals surface area contributed by atoms with Crippen LogP contribution in [0.5, 0.6) is 0 Å². The van der Waals surface area contributed by atoms with Crippen molar-refractivity contribution in [3.63, 3.8) is 0 Å². The number of fused-ring (bicyclic) bond motifs is 1. The number of rotatable bonds is 1. The minimum Gasteiger partial charge on any atom is -0.444 e. The summed E-state index contributed by atoms with van der Waals surface area (Å²) in [6.07, 6.45) is 3.25. The zero-order valence-electron chi connectivity index (χ0n) is 11.1. The fraction of sp³-hybridized carbons (Fsp3) is 0.538. The van der Waals surface area contributed by atoms with E-state index in [1.807, 2.05) is 20.8 Å². The van der Waals surface area contributed by atoms with Crippen molar-refractivity contribution in [2.24, 2.45) is 0 Å². The van der Waals surface area contributed by atoms with Gasteiger partial charge in [-0.2, -0.15) is 0 Å². The van der Waals surface area contributed by atoms with Gasteiger partial charge in [0.05, 0.1) is 18.4 Å². The van der Waals surface area contributed by atoms with E-state index in [-0.39, 0.29) is 6.09 Å². The van der Waals surface area contributed by atoms with Gasteiger partial charge in [-0.3, -0.25) is 0 Å². The maximum atomic E-state index is 12.0. The van der Waals surface area contributed by atoms with Crippen molar-refractivity contribution in [1.82, 2.24) is 14.5 Å². The van der Waals surface area contributed by atoms with Crippen molar-refractivity contribution < 1.29 is 9.53 Å². The molecule has 1 aromatic heterocycles. The first-order valence-corrected chi connectivity index (χ1v) is 6.05. The van der Waals surface area contributed by atoms with Gasteiger partial charge in [0.15, 0.2) is 0 Å². The lowest BCUT2D eigenvalue weighted by Gasteiger charge is -2.31. The van der Waals surface area contributed by atoms with Crippen molar-refractivity contribution in [2.75, 3.05) is 6.54 Å². The van der Waals surface area contributed by atoms with Gasteiger partial charge in [0.2, 0.25) is 0 Å². The van der Waals surface area contributed by atoms with Crippen LogP contribution < -0.4 is 0 Å². The second-order valence-corrected chi connectivity index (χ2v) is 5.37. The van der Waals surface area contributed by atoms with E-state index >= 15 is 0 Å². The van der Waals surface area contributed by atoms with Crippen LogP contribution in [0.2, 0.25) is 0 Å². The topological polar surface area (TPSA) is 47.4 Å². The van der Waals surface area contributed by atoms with Gasteiger partial charge in [-0.25, -0.2) is 9.78 Å². The molecule has 0 bridgehead atoms. The van der Waals surface area contributed by atoms with E-state index in [2.05, 4.69) is 16.1 Å². The van der Waals surface area contributed by atoms with Gasteiger partial charge in [0, 0.05) is 13.1 Å². The molecule has 0 atom stereocenters. The Balaban J connectivity index is 2.08. The number of hydrogen-bond donors (Lipinski definition) is 0. The summed E-state index contributed by atoms with van der Waals surface area (Å²) < 4.78 is 7.44. The molecule has 98 valence electrons. The first-order chi connectivity index (χ1) is 8.40. The average Bonchev–Trinajstić information content (AvgIpc) is 2.68. The molecule has 1 amide bonds. The first kappa shape index (κ1) is 12.7. The Morgan fingerprint density at radius 1 is 1.50 bits per heavy atom. The zero-order valence-corrected chi connectivity index (χ0v) is 11.1. The Kier molecular flexibility index (Phi) is 3.15. The molecule has 0 fully saturated rings. The highest BCUT2D eigenvalue weighted by atomic mass is 16.6. The minimum absolute atomic E-state index is 0.268. The van der Waals surface area contributed by atoms with Crippen LogP contribution in [-0.2, 0) is 17.8 Å². The maximum absolute atomic E-state index is 12.0. The van der Waals surface area contributed by atoms with Crippen molar-refractivity contribution in [1.29, 1.82) is 0 Å². The standard InChI is InChI=1S/C13H19N3O2/c1-5-11-14-8-10-9-15(6-7-16(10)11)12(17)18-13(2,3)4/h5,8H,1,6-7,9H2,2-4H3. The lowest BCUT2D eigenvalue weighted by Crippen LogP contribution is -2.41. The summed E-state index contributed by atoms with van der Waals surface area (Å²) in [5, 5.41) is 0. The summed E-state index contributed by atoms with van der Waals surface area (Å²) in [7, 11) is 0. The number of carbonyl (C=O) groups excluding carboxylic acids is 1. The van der Waals surface area contributed by atoms with Crippen LogP contribution >= 0.6 is 0 Å².